The van der Waals surface area contributed by atoms with Crippen LogP contribution in [0.15, 0.2) is 18.2 Å². The van der Waals surface area contributed by atoms with E-state index in [9.17, 15) is 0 Å². The normalized spacial score (nSPS) is 11.6. The minimum absolute atomic E-state index is 0.174. The fraction of sp³-hybridized carbons (Fsp3) is 0.467. The smallest absolute Gasteiger partial charge is 0.121 e. The van der Waals surface area contributed by atoms with Gasteiger partial charge in [0, 0.05) is 25.6 Å². The third-order valence-electron chi connectivity index (χ3n) is 2.87. The van der Waals surface area contributed by atoms with Gasteiger partial charge in [-0.1, -0.05) is 12.1 Å². The van der Waals surface area contributed by atoms with Crippen LogP contribution >= 0.6 is 0 Å². The standard InChI is InChI=1S/C15H22N2O/c1-4-5-6-9-17-14(11-16)13-7-8-15(18-3)12(2)10-13/h7-8,10,14,17H,6,9,11,16H2,1-3H3. The van der Waals surface area contributed by atoms with Gasteiger partial charge in [0.05, 0.1) is 7.11 Å². The molecule has 18 heavy (non-hydrogen) atoms. The number of rotatable bonds is 6. The summed E-state index contributed by atoms with van der Waals surface area (Å²) in [5, 5.41) is 3.42. The highest BCUT2D eigenvalue weighted by atomic mass is 16.5. The molecule has 0 bridgehead atoms. The molecule has 0 saturated heterocycles. The predicted octanol–water partition coefficient (Wildman–Crippen LogP) is 2.01. The first-order valence-corrected chi connectivity index (χ1v) is 6.20. The lowest BCUT2D eigenvalue weighted by atomic mass is 10.0. The zero-order valence-electron chi connectivity index (χ0n) is 11.4. The fourth-order valence-electron chi connectivity index (χ4n) is 1.89. The summed E-state index contributed by atoms with van der Waals surface area (Å²) in [4.78, 5) is 0. The molecule has 0 aliphatic carbocycles. The SMILES string of the molecule is CC#CCCNC(CN)c1ccc(OC)c(C)c1. The van der Waals surface area contributed by atoms with Crippen molar-refractivity contribution in [2.24, 2.45) is 5.73 Å². The summed E-state index contributed by atoms with van der Waals surface area (Å²) in [6.45, 7) is 5.32. The summed E-state index contributed by atoms with van der Waals surface area (Å²) >= 11 is 0. The van der Waals surface area contributed by atoms with E-state index >= 15 is 0 Å². The third kappa shape index (κ3) is 4.06. The van der Waals surface area contributed by atoms with Crippen LogP contribution in [0.4, 0.5) is 0 Å². The van der Waals surface area contributed by atoms with E-state index in [-0.39, 0.29) is 6.04 Å². The van der Waals surface area contributed by atoms with Crippen molar-refractivity contribution in [3.8, 4) is 17.6 Å². The second-order valence-corrected chi connectivity index (χ2v) is 4.15. The molecule has 1 atom stereocenters. The minimum Gasteiger partial charge on any atom is -0.496 e. The van der Waals surface area contributed by atoms with E-state index < -0.39 is 0 Å². The number of nitrogens with one attached hydrogen (secondary N) is 1. The Bertz CT molecular complexity index is 432. The number of aryl methyl sites for hydroxylation is 1. The van der Waals surface area contributed by atoms with Gasteiger partial charge in [-0.2, -0.15) is 0 Å². The fourth-order valence-corrected chi connectivity index (χ4v) is 1.89. The van der Waals surface area contributed by atoms with Gasteiger partial charge >= 0.3 is 0 Å². The Labute approximate surface area is 110 Å². The van der Waals surface area contributed by atoms with E-state index in [0.717, 1.165) is 24.3 Å². The van der Waals surface area contributed by atoms with Crippen LogP contribution in [0.25, 0.3) is 0 Å². The van der Waals surface area contributed by atoms with E-state index in [1.807, 2.05) is 19.9 Å². The second-order valence-electron chi connectivity index (χ2n) is 4.15. The van der Waals surface area contributed by atoms with Gasteiger partial charge in [0.1, 0.15) is 5.75 Å². The molecule has 0 radical (unpaired) electrons. The van der Waals surface area contributed by atoms with Crippen LogP contribution in [-0.4, -0.2) is 20.2 Å². The van der Waals surface area contributed by atoms with Gasteiger partial charge in [-0.3, -0.25) is 0 Å². The van der Waals surface area contributed by atoms with Crippen LogP contribution < -0.4 is 15.8 Å². The number of hydrogen-bond acceptors (Lipinski definition) is 3. The van der Waals surface area contributed by atoms with Gasteiger partial charge < -0.3 is 15.8 Å². The Kier molecular flexibility index (Phi) is 6.27. The van der Waals surface area contributed by atoms with E-state index in [1.54, 1.807) is 7.11 Å². The molecule has 3 heteroatoms. The monoisotopic (exact) mass is 246 g/mol. The van der Waals surface area contributed by atoms with Crippen molar-refractivity contribution >= 4 is 0 Å². The Morgan fingerprint density at radius 1 is 1.44 bits per heavy atom. The number of nitrogens with two attached hydrogens (primary N) is 1. The topological polar surface area (TPSA) is 47.3 Å². The molecular formula is C15H22N2O. The zero-order valence-corrected chi connectivity index (χ0v) is 11.4. The van der Waals surface area contributed by atoms with E-state index in [4.69, 9.17) is 10.5 Å². The largest absolute Gasteiger partial charge is 0.496 e. The number of methoxy groups -OCH3 is 1. The highest BCUT2D eigenvalue weighted by Crippen LogP contribution is 2.22. The Morgan fingerprint density at radius 2 is 2.22 bits per heavy atom. The summed E-state index contributed by atoms with van der Waals surface area (Å²) in [7, 11) is 1.68. The molecule has 0 spiro atoms. The molecule has 3 nitrogen and oxygen atoms in total. The molecule has 0 aliphatic rings. The van der Waals surface area contributed by atoms with Gasteiger partial charge in [-0.05, 0) is 31.0 Å². The van der Waals surface area contributed by atoms with Crippen molar-refractivity contribution in [2.75, 3.05) is 20.2 Å². The van der Waals surface area contributed by atoms with Crippen LogP contribution in [0.5, 0.6) is 5.75 Å². The summed E-state index contributed by atoms with van der Waals surface area (Å²) in [6.07, 6.45) is 0.849. The van der Waals surface area contributed by atoms with E-state index in [2.05, 4.69) is 29.3 Å². The molecule has 0 saturated carbocycles. The van der Waals surface area contributed by atoms with Crippen molar-refractivity contribution in [1.82, 2.24) is 5.32 Å². The Hall–Kier alpha value is -1.50. The molecular weight excluding hydrogens is 224 g/mol. The highest BCUT2D eigenvalue weighted by molar-refractivity contribution is 5.37. The first-order valence-electron chi connectivity index (χ1n) is 6.20. The van der Waals surface area contributed by atoms with Crippen molar-refractivity contribution in [3.63, 3.8) is 0 Å². The van der Waals surface area contributed by atoms with Gasteiger partial charge in [0.25, 0.3) is 0 Å². The molecule has 0 amide bonds. The summed E-state index contributed by atoms with van der Waals surface area (Å²) in [6, 6.07) is 6.34. The lowest BCUT2D eigenvalue weighted by Gasteiger charge is -2.18. The van der Waals surface area contributed by atoms with Crippen molar-refractivity contribution in [1.29, 1.82) is 0 Å². The van der Waals surface area contributed by atoms with Crippen LogP contribution in [0.3, 0.4) is 0 Å². The molecule has 0 aromatic heterocycles. The Balaban J connectivity index is 2.68. The molecule has 1 unspecified atom stereocenters. The quantitative estimate of drug-likeness (QED) is 0.596. The zero-order chi connectivity index (χ0) is 13.4. The lowest BCUT2D eigenvalue weighted by Crippen LogP contribution is -2.28. The number of hydrogen-bond donors (Lipinski definition) is 2. The molecule has 1 aromatic rings. The number of benzene rings is 1. The van der Waals surface area contributed by atoms with Gasteiger partial charge in [-0.25, -0.2) is 0 Å². The molecule has 1 rings (SSSR count). The third-order valence-corrected chi connectivity index (χ3v) is 2.87. The minimum atomic E-state index is 0.174. The molecule has 0 fully saturated rings. The summed E-state index contributed by atoms with van der Waals surface area (Å²) < 4.78 is 5.26. The molecule has 0 aliphatic heterocycles. The maximum Gasteiger partial charge on any atom is 0.121 e. The second kappa shape index (κ2) is 7.75. The van der Waals surface area contributed by atoms with Crippen molar-refractivity contribution in [2.45, 2.75) is 26.3 Å². The van der Waals surface area contributed by atoms with Gasteiger partial charge in [0.15, 0.2) is 0 Å². The van der Waals surface area contributed by atoms with E-state index in [0.29, 0.717) is 6.54 Å². The van der Waals surface area contributed by atoms with Crippen LogP contribution in [-0.2, 0) is 0 Å². The maximum atomic E-state index is 5.81. The first-order chi connectivity index (χ1) is 8.72. The molecule has 3 N–H and O–H groups in total. The van der Waals surface area contributed by atoms with Crippen LogP contribution in [0.2, 0.25) is 0 Å². The Morgan fingerprint density at radius 3 is 2.78 bits per heavy atom. The number of ether oxygens (including phenoxy) is 1. The maximum absolute atomic E-state index is 5.81. The predicted molar refractivity (Wildman–Crippen MR) is 75.6 cm³/mol. The average Bonchev–Trinajstić information content (AvgIpc) is 2.39. The van der Waals surface area contributed by atoms with Crippen LogP contribution in [0.1, 0.15) is 30.5 Å². The van der Waals surface area contributed by atoms with E-state index in [1.165, 1.54) is 5.56 Å². The van der Waals surface area contributed by atoms with Gasteiger partial charge in [0.2, 0.25) is 0 Å². The summed E-state index contributed by atoms with van der Waals surface area (Å²) in [5.41, 5.74) is 8.13. The van der Waals surface area contributed by atoms with Crippen molar-refractivity contribution in [3.05, 3.63) is 29.3 Å². The van der Waals surface area contributed by atoms with Crippen molar-refractivity contribution < 1.29 is 4.74 Å². The lowest BCUT2D eigenvalue weighted by molar-refractivity contribution is 0.411. The average molecular weight is 246 g/mol. The van der Waals surface area contributed by atoms with Crippen LogP contribution in [0, 0.1) is 18.8 Å². The molecule has 0 heterocycles. The summed E-state index contributed by atoms with van der Waals surface area (Å²) in [5.74, 6) is 6.83. The highest BCUT2D eigenvalue weighted by Gasteiger charge is 2.10. The van der Waals surface area contributed by atoms with Gasteiger partial charge in [-0.15, -0.1) is 11.8 Å². The molecule has 1 aromatic carbocycles. The first kappa shape index (κ1) is 14.6. The molecule has 98 valence electrons.